The van der Waals surface area contributed by atoms with Crippen LogP contribution in [0.4, 0.5) is 4.79 Å². The number of amides is 1. The molecular formula is C34H44N2O8. The highest BCUT2D eigenvalue weighted by Crippen LogP contribution is 2.26. The van der Waals surface area contributed by atoms with Gasteiger partial charge < -0.3 is 28.7 Å². The summed E-state index contributed by atoms with van der Waals surface area (Å²) in [5, 5.41) is 2.53. The Kier molecular flexibility index (Phi) is 15.5. The molecule has 10 heteroatoms. The fraction of sp³-hybridized carbons (Fsp3) is 0.471. The van der Waals surface area contributed by atoms with Crippen LogP contribution in [-0.4, -0.2) is 61.6 Å². The summed E-state index contributed by atoms with van der Waals surface area (Å²) in [5.74, 6) is -0.323. The van der Waals surface area contributed by atoms with Gasteiger partial charge >= 0.3 is 18.0 Å². The maximum Gasteiger partial charge on any atom is 0.407 e. The molecule has 1 saturated heterocycles. The molecule has 10 nitrogen and oxygen atoms in total. The normalized spacial score (nSPS) is 18.5. The molecule has 1 aliphatic heterocycles. The zero-order chi connectivity index (χ0) is 31.4. The number of carbonyl (C=O) groups is 3. The largest absolute Gasteiger partial charge is 0.466 e. The Morgan fingerprint density at radius 3 is 2.70 bits per heavy atom. The molecule has 0 aliphatic carbocycles. The van der Waals surface area contributed by atoms with Crippen molar-refractivity contribution < 1.29 is 37.7 Å². The van der Waals surface area contributed by atoms with Crippen molar-refractivity contribution >= 4 is 30.2 Å². The quantitative estimate of drug-likeness (QED) is 0.0964. The first-order valence-electron chi connectivity index (χ1n) is 15.3. The smallest absolute Gasteiger partial charge is 0.407 e. The van der Waals surface area contributed by atoms with Gasteiger partial charge in [-0.2, -0.15) is 0 Å². The SMILES string of the molecule is CCCCCCOC(=O)C[C@@H]1C[C@@H](OC(=O)/C=C\CCc2coc(/C=C\CNC(=O)OC)n2)C[C@H](/C=C/c2ccccc2)O1. The number of nitrogens with one attached hydrogen (secondary N) is 1. The predicted octanol–water partition coefficient (Wildman–Crippen LogP) is 6.22. The number of esters is 2. The van der Waals surface area contributed by atoms with Crippen molar-refractivity contribution in [2.45, 2.75) is 83.0 Å². The summed E-state index contributed by atoms with van der Waals surface area (Å²) >= 11 is 0. The molecule has 0 spiro atoms. The molecule has 0 unspecified atom stereocenters. The fourth-order valence-corrected chi connectivity index (χ4v) is 4.60. The van der Waals surface area contributed by atoms with Crippen LogP contribution in [0.25, 0.3) is 12.2 Å². The average Bonchev–Trinajstić information content (AvgIpc) is 3.48. The van der Waals surface area contributed by atoms with Gasteiger partial charge in [0.05, 0.1) is 38.0 Å². The van der Waals surface area contributed by atoms with E-state index in [1.807, 2.05) is 42.5 Å². The van der Waals surface area contributed by atoms with Crippen LogP contribution in [0, 0.1) is 0 Å². The number of nitrogens with zero attached hydrogens (tertiary/aromatic N) is 1. The molecule has 1 N–H and O–H groups in total. The zero-order valence-electron chi connectivity index (χ0n) is 25.7. The Labute approximate surface area is 259 Å². The number of aryl methyl sites for hydroxylation is 1. The van der Waals surface area contributed by atoms with E-state index in [1.165, 1.54) is 13.2 Å². The van der Waals surface area contributed by atoms with Crippen LogP contribution in [0.15, 0.2) is 65.3 Å². The molecule has 0 saturated carbocycles. The van der Waals surface area contributed by atoms with Gasteiger partial charge in [-0.05, 0) is 30.9 Å². The zero-order valence-corrected chi connectivity index (χ0v) is 25.7. The number of carbonyl (C=O) groups excluding carboxylic acids is 3. The van der Waals surface area contributed by atoms with Crippen LogP contribution in [0.3, 0.4) is 0 Å². The van der Waals surface area contributed by atoms with E-state index in [-0.39, 0.29) is 25.0 Å². The maximum atomic E-state index is 12.6. The third-order valence-electron chi connectivity index (χ3n) is 6.83. The number of aromatic nitrogens is 1. The number of methoxy groups -OCH3 is 1. The highest BCUT2D eigenvalue weighted by molar-refractivity contribution is 5.82. The highest BCUT2D eigenvalue weighted by atomic mass is 16.6. The van der Waals surface area contributed by atoms with Crippen LogP contribution in [0.5, 0.6) is 0 Å². The minimum Gasteiger partial charge on any atom is -0.466 e. The number of rotatable bonds is 17. The summed E-state index contributed by atoms with van der Waals surface area (Å²) in [6.45, 7) is 2.84. The Morgan fingerprint density at radius 2 is 1.91 bits per heavy atom. The molecule has 238 valence electrons. The molecule has 1 amide bonds. The molecule has 1 aromatic carbocycles. The summed E-state index contributed by atoms with van der Waals surface area (Å²) in [6.07, 6.45) is 16.7. The summed E-state index contributed by atoms with van der Waals surface area (Å²) < 4.78 is 27.3. The molecule has 3 atom stereocenters. The van der Waals surface area contributed by atoms with Gasteiger partial charge in [-0.15, -0.1) is 0 Å². The summed E-state index contributed by atoms with van der Waals surface area (Å²) in [4.78, 5) is 40.5. The van der Waals surface area contributed by atoms with Crippen molar-refractivity contribution in [2.24, 2.45) is 0 Å². The number of hydrogen-bond acceptors (Lipinski definition) is 9. The second-order valence-electron chi connectivity index (χ2n) is 10.5. The van der Waals surface area contributed by atoms with E-state index in [0.717, 1.165) is 36.9 Å². The lowest BCUT2D eigenvalue weighted by atomic mass is 9.98. The molecule has 1 aromatic heterocycles. The molecule has 0 bridgehead atoms. The van der Waals surface area contributed by atoms with E-state index in [9.17, 15) is 14.4 Å². The van der Waals surface area contributed by atoms with Crippen LogP contribution in [0.2, 0.25) is 0 Å². The van der Waals surface area contributed by atoms with Crippen molar-refractivity contribution in [2.75, 3.05) is 20.3 Å². The van der Waals surface area contributed by atoms with Crippen molar-refractivity contribution in [3.63, 3.8) is 0 Å². The molecule has 2 aromatic rings. The molecule has 44 heavy (non-hydrogen) atoms. The molecule has 1 fully saturated rings. The summed E-state index contributed by atoms with van der Waals surface area (Å²) in [5.41, 5.74) is 1.77. The molecule has 2 heterocycles. The van der Waals surface area contributed by atoms with Crippen LogP contribution < -0.4 is 5.32 Å². The number of alkyl carbamates (subject to hydrolysis) is 1. The third-order valence-corrected chi connectivity index (χ3v) is 6.83. The Balaban J connectivity index is 1.47. The Morgan fingerprint density at radius 1 is 1.07 bits per heavy atom. The van der Waals surface area contributed by atoms with E-state index < -0.39 is 24.3 Å². The minimum atomic E-state index is -0.516. The molecular weight excluding hydrogens is 564 g/mol. The lowest BCUT2D eigenvalue weighted by Crippen LogP contribution is -2.38. The van der Waals surface area contributed by atoms with Gasteiger partial charge in [0.2, 0.25) is 5.89 Å². The summed E-state index contributed by atoms with van der Waals surface area (Å²) in [7, 11) is 1.30. The predicted molar refractivity (Wildman–Crippen MR) is 166 cm³/mol. The number of allylic oxidation sites excluding steroid dienone is 1. The van der Waals surface area contributed by atoms with Gasteiger partial charge in [-0.25, -0.2) is 14.6 Å². The minimum absolute atomic E-state index is 0.115. The molecule has 3 rings (SSSR count). The number of benzene rings is 1. The number of unbranched alkanes of at least 4 members (excludes halogenated alkanes) is 3. The van der Waals surface area contributed by atoms with Gasteiger partial charge in [-0.3, -0.25) is 4.79 Å². The Hall–Kier alpha value is -4.18. The summed E-state index contributed by atoms with van der Waals surface area (Å²) in [6, 6.07) is 9.87. The van der Waals surface area contributed by atoms with Crippen molar-refractivity contribution in [3.8, 4) is 0 Å². The van der Waals surface area contributed by atoms with Gasteiger partial charge in [-0.1, -0.05) is 80.8 Å². The van der Waals surface area contributed by atoms with E-state index >= 15 is 0 Å². The molecule has 0 radical (unpaired) electrons. The second kappa shape index (κ2) is 19.9. The first-order chi connectivity index (χ1) is 21.4. The topological polar surface area (TPSA) is 126 Å². The van der Waals surface area contributed by atoms with E-state index in [2.05, 4.69) is 22.0 Å². The van der Waals surface area contributed by atoms with Gasteiger partial charge in [0.1, 0.15) is 12.4 Å². The number of oxazole rings is 1. The van der Waals surface area contributed by atoms with Crippen molar-refractivity contribution in [1.29, 1.82) is 0 Å². The third kappa shape index (κ3) is 13.9. The van der Waals surface area contributed by atoms with Gasteiger partial charge in [0.25, 0.3) is 0 Å². The van der Waals surface area contributed by atoms with Gasteiger partial charge in [0.15, 0.2) is 0 Å². The standard InChI is InChI=1S/C34H44N2O8/c1-3-4-5-11-21-41-33(38)24-30-23-29(22-28(43-30)19-18-26-13-7-6-8-14-26)44-32(37)17-10-9-15-27-25-42-31(36-27)16-12-20-35-34(39)40-2/h6-8,10,12-14,16-19,25,28-30H,3-5,9,11,15,20-24H2,1-2H3,(H,35,39)/b16-12-,17-10-,19-18+/t28-,29-,30-/m0/s1. The molecule has 1 aliphatic rings. The fourth-order valence-electron chi connectivity index (χ4n) is 4.60. The first-order valence-corrected chi connectivity index (χ1v) is 15.3. The number of ether oxygens (including phenoxy) is 4. The second-order valence-corrected chi connectivity index (χ2v) is 10.5. The van der Waals surface area contributed by atoms with E-state index in [4.69, 9.17) is 18.6 Å². The Bertz CT molecular complexity index is 1240. The van der Waals surface area contributed by atoms with Crippen LogP contribution in [0.1, 0.15) is 75.4 Å². The average molecular weight is 609 g/mol. The van der Waals surface area contributed by atoms with E-state index in [0.29, 0.717) is 38.2 Å². The first kappa shape index (κ1) is 34.3. The van der Waals surface area contributed by atoms with Crippen LogP contribution >= 0.6 is 0 Å². The van der Waals surface area contributed by atoms with Crippen molar-refractivity contribution in [1.82, 2.24) is 10.3 Å². The van der Waals surface area contributed by atoms with Crippen LogP contribution in [-0.2, 0) is 35.0 Å². The van der Waals surface area contributed by atoms with Crippen molar-refractivity contribution in [3.05, 3.63) is 78.0 Å². The van der Waals surface area contributed by atoms with E-state index in [1.54, 1.807) is 24.5 Å². The lowest BCUT2D eigenvalue weighted by molar-refractivity contribution is -0.159. The highest BCUT2D eigenvalue weighted by Gasteiger charge is 2.32. The number of hydrogen-bond donors (Lipinski definition) is 1. The monoisotopic (exact) mass is 608 g/mol. The lowest BCUT2D eigenvalue weighted by Gasteiger charge is -2.33. The maximum absolute atomic E-state index is 12.6. The van der Waals surface area contributed by atoms with Gasteiger partial charge in [0, 0.05) is 25.5 Å².